The zero-order chi connectivity index (χ0) is 20.9. The molecule has 0 saturated carbocycles. The van der Waals surface area contributed by atoms with Crippen molar-refractivity contribution in [1.82, 2.24) is 3.71 Å². The van der Waals surface area contributed by atoms with Crippen LogP contribution in [-0.2, 0) is 20.0 Å². The first kappa shape index (κ1) is 23.0. The number of hydrogen-bond donors (Lipinski definition) is 0. The number of ether oxygens (including phenoxy) is 1. The van der Waals surface area contributed by atoms with Gasteiger partial charge in [-0.3, -0.25) is 0 Å². The van der Waals surface area contributed by atoms with E-state index in [-0.39, 0.29) is 26.4 Å². The quantitative estimate of drug-likeness (QED) is 0.541. The van der Waals surface area contributed by atoms with Gasteiger partial charge in [0.2, 0.25) is 0 Å². The Morgan fingerprint density at radius 3 is 2.14 bits per heavy atom. The van der Waals surface area contributed by atoms with E-state index in [2.05, 4.69) is 0 Å². The van der Waals surface area contributed by atoms with E-state index < -0.39 is 20.0 Å². The number of halogens is 2. The van der Waals surface area contributed by atoms with Gasteiger partial charge in [-0.2, -0.15) is 0 Å². The second-order valence-electron chi connectivity index (χ2n) is 5.84. The molecule has 0 N–H and O–H groups in total. The zero-order valence-corrected chi connectivity index (χ0v) is 18.6. The number of hydrogen-bond acceptors (Lipinski definition) is 5. The minimum absolute atomic E-state index is 0.104. The van der Waals surface area contributed by atoms with Gasteiger partial charge in [0.15, 0.2) is 0 Å². The Morgan fingerprint density at radius 1 is 0.929 bits per heavy atom. The van der Waals surface area contributed by atoms with E-state index in [9.17, 15) is 16.8 Å². The average molecular weight is 466 g/mol. The third kappa shape index (κ3) is 4.99. The SMILES string of the molecule is CCCCN(S(=O)(=O)c1ccc(OCC)cc1)S(=O)(=O)c1cc(Cl)ccc1Cl. The summed E-state index contributed by atoms with van der Waals surface area (Å²) in [5, 5.41) is 0.0321. The van der Waals surface area contributed by atoms with Crippen molar-refractivity contribution in [3.05, 3.63) is 52.5 Å². The van der Waals surface area contributed by atoms with Crippen molar-refractivity contribution in [3.63, 3.8) is 0 Å². The molecule has 0 amide bonds. The molecule has 2 aromatic carbocycles. The molecule has 0 spiro atoms. The Morgan fingerprint density at radius 2 is 1.57 bits per heavy atom. The Balaban J connectivity index is 2.56. The lowest BCUT2D eigenvalue weighted by atomic mass is 10.3. The molecule has 6 nitrogen and oxygen atoms in total. The summed E-state index contributed by atoms with van der Waals surface area (Å²) in [5.74, 6) is 0.488. The maximum atomic E-state index is 13.2. The van der Waals surface area contributed by atoms with E-state index in [1.54, 1.807) is 6.92 Å². The van der Waals surface area contributed by atoms with Crippen molar-refractivity contribution < 1.29 is 21.6 Å². The predicted octanol–water partition coefficient (Wildman–Crippen LogP) is 4.57. The molecule has 0 atom stereocenters. The molecule has 0 aromatic heterocycles. The number of benzene rings is 2. The second-order valence-corrected chi connectivity index (χ2v) is 10.6. The van der Waals surface area contributed by atoms with Crippen LogP contribution >= 0.6 is 23.2 Å². The lowest BCUT2D eigenvalue weighted by Crippen LogP contribution is -2.37. The molecule has 0 saturated heterocycles. The summed E-state index contributed by atoms with van der Waals surface area (Å²) >= 11 is 11.9. The molecule has 0 heterocycles. The van der Waals surface area contributed by atoms with Crippen LogP contribution in [0.25, 0.3) is 0 Å². The van der Waals surface area contributed by atoms with Gasteiger partial charge in [-0.15, -0.1) is 0 Å². The minimum atomic E-state index is -4.45. The van der Waals surface area contributed by atoms with Crippen LogP contribution in [0.1, 0.15) is 26.7 Å². The third-order valence-corrected chi connectivity index (χ3v) is 8.89. The molecule has 2 rings (SSSR count). The van der Waals surface area contributed by atoms with Gasteiger partial charge < -0.3 is 4.74 Å². The second kappa shape index (κ2) is 9.45. The fourth-order valence-electron chi connectivity index (χ4n) is 2.43. The highest BCUT2D eigenvalue weighted by Gasteiger charge is 2.37. The van der Waals surface area contributed by atoms with E-state index in [1.165, 1.54) is 36.4 Å². The standard InChI is InChI=1S/C18H21Cl2NO5S2/c1-3-5-12-21(28(24,25)18-13-14(19)6-11-17(18)20)27(22,23)16-9-7-15(8-10-16)26-4-2/h6-11,13H,3-5,12H2,1-2H3. The van der Waals surface area contributed by atoms with Crippen LogP contribution in [0.3, 0.4) is 0 Å². The normalized spacial score (nSPS) is 12.3. The molecule has 2 aromatic rings. The topological polar surface area (TPSA) is 80.8 Å². The average Bonchev–Trinajstić information content (AvgIpc) is 2.64. The van der Waals surface area contributed by atoms with Crippen molar-refractivity contribution in [3.8, 4) is 5.75 Å². The Hall–Kier alpha value is -1.32. The van der Waals surface area contributed by atoms with E-state index in [1.807, 2.05) is 6.92 Å². The van der Waals surface area contributed by atoms with Gasteiger partial charge in [-0.1, -0.05) is 40.3 Å². The van der Waals surface area contributed by atoms with Gasteiger partial charge in [0.05, 0.1) is 16.5 Å². The van der Waals surface area contributed by atoms with Gasteiger partial charge in [0.25, 0.3) is 20.0 Å². The van der Waals surface area contributed by atoms with Crippen LogP contribution in [0.2, 0.25) is 10.0 Å². The van der Waals surface area contributed by atoms with Gasteiger partial charge in [0, 0.05) is 11.6 Å². The maximum absolute atomic E-state index is 13.2. The van der Waals surface area contributed by atoms with E-state index in [0.29, 0.717) is 28.9 Å². The van der Waals surface area contributed by atoms with Gasteiger partial charge in [0.1, 0.15) is 10.6 Å². The van der Waals surface area contributed by atoms with Crippen LogP contribution in [0, 0.1) is 0 Å². The van der Waals surface area contributed by atoms with Crippen LogP contribution in [0.5, 0.6) is 5.75 Å². The summed E-state index contributed by atoms with van der Waals surface area (Å²) < 4.78 is 58.5. The van der Waals surface area contributed by atoms with Crippen LogP contribution in [0.15, 0.2) is 52.3 Å². The van der Waals surface area contributed by atoms with Crippen molar-refractivity contribution in [1.29, 1.82) is 0 Å². The van der Waals surface area contributed by atoms with Gasteiger partial charge in [-0.05, 0) is 55.8 Å². The summed E-state index contributed by atoms with van der Waals surface area (Å²) in [6.45, 7) is 3.85. The highest BCUT2D eigenvalue weighted by atomic mass is 35.5. The Bertz CT molecular complexity index is 1020. The smallest absolute Gasteiger partial charge is 0.257 e. The van der Waals surface area contributed by atoms with Crippen LogP contribution < -0.4 is 4.74 Å². The Kier molecular flexibility index (Phi) is 7.75. The summed E-state index contributed by atoms with van der Waals surface area (Å²) in [7, 11) is -8.81. The molecule has 0 bridgehead atoms. The maximum Gasteiger partial charge on any atom is 0.257 e. The van der Waals surface area contributed by atoms with Gasteiger partial charge >= 0.3 is 0 Å². The first-order valence-electron chi connectivity index (χ1n) is 8.60. The fourth-order valence-corrected chi connectivity index (χ4v) is 6.88. The summed E-state index contributed by atoms with van der Waals surface area (Å²) in [6.07, 6.45) is 0.960. The Labute approximate surface area is 176 Å². The first-order chi connectivity index (χ1) is 13.1. The van der Waals surface area contributed by atoms with Crippen molar-refractivity contribution in [2.45, 2.75) is 36.5 Å². The van der Waals surface area contributed by atoms with Crippen LogP contribution in [0.4, 0.5) is 0 Å². The molecule has 0 fully saturated rings. The first-order valence-corrected chi connectivity index (χ1v) is 12.2. The number of sulfonamides is 2. The largest absolute Gasteiger partial charge is 0.494 e. The molecule has 0 radical (unpaired) electrons. The molecule has 154 valence electrons. The molecule has 10 heteroatoms. The summed E-state index contributed by atoms with van der Waals surface area (Å²) in [6, 6.07) is 9.48. The number of rotatable bonds is 9. The molecule has 0 aliphatic heterocycles. The predicted molar refractivity (Wildman–Crippen MR) is 110 cm³/mol. The summed E-state index contributed by atoms with van der Waals surface area (Å²) in [5.41, 5.74) is 0. The highest BCUT2D eigenvalue weighted by Crippen LogP contribution is 2.31. The fraction of sp³-hybridized carbons (Fsp3) is 0.333. The molecule has 28 heavy (non-hydrogen) atoms. The van der Waals surface area contributed by atoms with E-state index in [0.717, 1.165) is 6.07 Å². The van der Waals surface area contributed by atoms with Crippen molar-refractivity contribution in [2.75, 3.05) is 13.2 Å². The number of nitrogens with zero attached hydrogens (tertiary/aromatic N) is 1. The van der Waals surface area contributed by atoms with Gasteiger partial charge in [-0.25, -0.2) is 16.8 Å². The molecule has 0 aliphatic carbocycles. The molecular formula is C18H21Cl2NO5S2. The molecular weight excluding hydrogens is 445 g/mol. The van der Waals surface area contributed by atoms with E-state index in [4.69, 9.17) is 27.9 Å². The van der Waals surface area contributed by atoms with Crippen molar-refractivity contribution >= 4 is 43.2 Å². The third-order valence-electron chi connectivity index (χ3n) is 3.83. The minimum Gasteiger partial charge on any atom is -0.494 e. The highest BCUT2D eigenvalue weighted by molar-refractivity contribution is 8.04. The summed E-state index contributed by atoms with van der Waals surface area (Å²) in [4.78, 5) is -0.513. The number of unbranched alkanes of at least 4 members (excludes halogenated alkanes) is 1. The molecule has 0 unspecified atom stereocenters. The van der Waals surface area contributed by atoms with Crippen molar-refractivity contribution in [2.24, 2.45) is 0 Å². The zero-order valence-electron chi connectivity index (χ0n) is 15.4. The lowest BCUT2D eigenvalue weighted by molar-refractivity contribution is 0.340. The van der Waals surface area contributed by atoms with E-state index >= 15 is 0 Å². The molecule has 0 aliphatic rings. The lowest BCUT2D eigenvalue weighted by Gasteiger charge is -2.22. The van der Waals surface area contributed by atoms with Crippen LogP contribution in [-0.4, -0.2) is 33.7 Å². The monoisotopic (exact) mass is 465 g/mol.